The lowest BCUT2D eigenvalue weighted by Gasteiger charge is -1.97. The Morgan fingerprint density at radius 2 is 2.35 bits per heavy atom. The van der Waals surface area contributed by atoms with Crippen LogP contribution in [0, 0.1) is 10.1 Å². The maximum absolute atomic E-state index is 10.7. The summed E-state index contributed by atoms with van der Waals surface area (Å²) in [6, 6.07) is 6.56. The van der Waals surface area contributed by atoms with Crippen LogP contribution < -0.4 is 5.32 Å². The van der Waals surface area contributed by atoms with Crippen molar-refractivity contribution in [3.05, 3.63) is 40.6 Å². The molecule has 0 aliphatic heterocycles. The molecule has 0 aliphatic rings. The van der Waals surface area contributed by atoms with Crippen molar-refractivity contribution in [2.75, 3.05) is 11.9 Å². The van der Waals surface area contributed by atoms with Gasteiger partial charge in [0.2, 0.25) is 0 Å². The molecule has 2 rings (SSSR count). The van der Waals surface area contributed by atoms with Crippen molar-refractivity contribution in [1.29, 1.82) is 0 Å². The van der Waals surface area contributed by atoms with Crippen molar-refractivity contribution in [3.63, 3.8) is 0 Å². The van der Waals surface area contributed by atoms with Gasteiger partial charge in [-0.05, 0) is 6.92 Å². The average molecular weight is 249 g/mol. The molecule has 1 aromatic heterocycles. The van der Waals surface area contributed by atoms with Crippen LogP contribution in [0.1, 0.15) is 6.92 Å². The molecule has 5 nitrogen and oxygen atoms in total. The largest absolute Gasteiger partial charge is 0.362 e. The molecule has 1 N–H and O–H groups in total. The van der Waals surface area contributed by atoms with E-state index in [4.69, 9.17) is 0 Å². The third-order valence-electron chi connectivity index (χ3n) is 2.18. The minimum Gasteiger partial charge on any atom is -0.362 e. The standard InChI is InChI=1S/C11H11N3O2S/c1-2-12-11-13-7-10(17-11)8-4-3-5-9(6-8)14(15)16/h3-7H,2H2,1H3,(H,12,13). The van der Waals surface area contributed by atoms with E-state index in [0.717, 1.165) is 22.1 Å². The topological polar surface area (TPSA) is 68.1 Å². The van der Waals surface area contributed by atoms with Crippen LogP contribution in [-0.4, -0.2) is 16.5 Å². The summed E-state index contributed by atoms with van der Waals surface area (Å²) in [5.41, 5.74) is 0.918. The van der Waals surface area contributed by atoms with E-state index < -0.39 is 4.92 Å². The molecule has 0 bridgehead atoms. The Bertz CT molecular complexity index is 539. The minimum absolute atomic E-state index is 0.0981. The zero-order valence-corrected chi connectivity index (χ0v) is 10.0. The van der Waals surface area contributed by atoms with Crippen molar-refractivity contribution in [2.45, 2.75) is 6.92 Å². The maximum Gasteiger partial charge on any atom is 0.270 e. The van der Waals surface area contributed by atoms with Crippen LogP contribution in [0.3, 0.4) is 0 Å². The first kappa shape index (κ1) is 11.5. The molecule has 17 heavy (non-hydrogen) atoms. The van der Waals surface area contributed by atoms with Gasteiger partial charge in [-0.15, -0.1) is 0 Å². The highest BCUT2D eigenvalue weighted by Gasteiger charge is 2.09. The van der Waals surface area contributed by atoms with Gasteiger partial charge in [-0.2, -0.15) is 0 Å². The molecule has 0 unspecified atom stereocenters. The number of nitrogens with one attached hydrogen (secondary N) is 1. The number of hydrogen-bond donors (Lipinski definition) is 1. The van der Waals surface area contributed by atoms with Gasteiger partial charge in [-0.1, -0.05) is 23.5 Å². The Kier molecular flexibility index (Phi) is 3.34. The molecule has 1 heterocycles. The Labute approximate surface area is 102 Å². The Hall–Kier alpha value is -1.95. The third-order valence-corrected chi connectivity index (χ3v) is 3.18. The SMILES string of the molecule is CCNc1ncc(-c2cccc([N+](=O)[O-])c2)s1. The number of benzene rings is 1. The first-order valence-corrected chi connectivity index (χ1v) is 5.97. The average Bonchev–Trinajstić information content (AvgIpc) is 2.78. The van der Waals surface area contributed by atoms with E-state index in [1.165, 1.54) is 17.4 Å². The molecule has 1 aromatic carbocycles. The summed E-state index contributed by atoms with van der Waals surface area (Å²) >= 11 is 1.49. The molecule has 6 heteroatoms. The third kappa shape index (κ3) is 2.59. The number of anilines is 1. The second kappa shape index (κ2) is 4.92. The highest BCUT2D eigenvalue weighted by Crippen LogP contribution is 2.30. The van der Waals surface area contributed by atoms with Crippen LogP contribution >= 0.6 is 11.3 Å². The predicted molar refractivity (Wildman–Crippen MR) is 68.4 cm³/mol. The van der Waals surface area contributed by atoms with Gasteiger partial charge in [-0.25, -0.2) is 4.98 Å². The highest BCUT2D eigenvalue weighted by molar-refractivity contribution is 7.18. The summed E-state index contributed by atoms with van der Waals surface area (Å²) in [6.45, 7) is 2.80. The van der Waals surface area contributed by atoms with E-state index >= 15 is 0 Å². The zero-order valence-electron chi connectivity index (χ0n) is 9.21. The first-order valence-electron chi connectivity index (χ1n) is 5.15. The number of nitrogens with zero attached hydrogens (tertiary/aromatic N) is 2. The number of thiazole rings is 1. The Morgan fingerprint density at radius 3 is 3.06 bits per heavy atom. The van der Waals surface area contributed by atoms with Gasteiger partial charge in [0.05, 0.1) is 9.80 Å². The minimum atomic E-state index is -0.393. The van der Waals surface area contributed by atoms with E-state index in [2.05, 4.69) is 10.3 Å². The molecule has 0 spiro atoms. The van der Waals surface area contributed by atoms with Crippen molar-refractivity contribution in [3.8, 4) is 10.4 Å². The summed E-state index contributed by atoms with van der Waals surface area (Å²) in [4.78, 5) is 15.4. The van der Waals surface area contributed by atoms with Crippen LogP contribution in [0.2, 0.25) is 0 Å². The molecule has 0 radical (unpaired) electrons. The summed E-state index contributed by atoms with van der Waals surface area (Å²) in [5, 5.41) is 14.6. The fourth-order valence-electron chi connectivity index (χ4n) is 1.41. The number of non-ortho nitro benzene ring substituents is 1. The molecule has 0 atom stereocenters. The molecular weight excluding hydrogens is 238 g/mol. The van der Waals surface area contributed by atoms with Crippen LogP contribution in [-0.2, 0) is 0 Å². The van der Waals surface area contributed by atoms with Gasteiger partial charge in [0.25, 0.3) is 5.69 Å². The lowest BCUT2D eigenvalue weighted by Crippen LogP contribution is -1.94. The molecule has 0 aliphatic carbocycles. The second-order valence-corrected chi connectivity index (χ2v) is 4.40. The molecular formula is C11H11N3O2S. The zero-order chi connectivity index (χ0) is 12.3. The predicted octanol–water partition coefficient (Wildman–Crippen LogP) is 3.15. The number of nitro groups is 1. The maximum atomic E-state index is 10.7. The molecule has 88 valence electrons. The monoisotopic (exact) mass is 249 g/mol. The van der Waals surface area contributed by atoms with Crippen LogP contribution in [0.15, 0.2) is 30.5 Å². The van der Waals surface area contributed by atoms with Gasteiger partial charge in [-0.3, -0.25) is 10.1 Å². The van der Waals surface area contributed by atoms with Crippen molar-refractivity contribution < 1.29 is 4.92 Å². The molecule has 0 saturated carbocycles. The number of aromatic nitrogens is 1. The van der Waals surface area contributed by atoms with Gasteiger partial charge in [0.15, 0.2) is 5.13 Å². The van der Waals surface area contributed by atoms with Crippen LogP contribution in [0.25, 0.3) is 10.4 Å². The summed E-state index contributed by atoms with van der Waals surface area (Å²) < 4.78 is 0. The first-order chi connectivity index (χ1) is 8.20. The van der Waals surface area contributed by atoms with Crippen LogP contribution in [0.4, 0.5) is 10.8 Å². The van der Waals surface area contributed by atoms with Crippen molar-refractivity contribution in [1.82, 2.24) is 4.98 Å². The highest BCUT2D eigenvalue weighted by atomic mass is 32.1. The van der Waals surface area contributed by atoms with Gasteiger partial charge in [0.1, 0.15) is 0 Å². The number of nitro benzene ring substituents is 1. The summed E-state index contributed by atoms with van der Waals surface area (Å²) in [7, 11) is 0. The lowest BCUT2D eigenvalue weighted by atomic mass is 10.2. The van der Waals surface area contributed by atoms with E-state index in [0.29, 0.717) is 0 Å². The lowest BCUT2D eigenvalue weighted by molar-refractivity contribution is -0.384. The summed E-state index contributed by atoms with van der Waals surface area (Å²) in [5.74, 6) is 0. The van der Waals surface area contributed by atoms with Gasteiger partial charge < -0.3 is 5.32 Å². The molecule has 0 saturated heterocycles. The Morgan fingerprint density at radius 1 is 1.53 bits per heavy atom. The van der Waals surface area contributed by atoms with E-state index in [1.807, 2.05) is 13.0 Å². The smallest absolute Gasteiger partial charge is 0.270 e. The second-order valence-electron chi connectivity index (χ2n) is 3.37. The summed E-state index contributed by atoms with van der Waals surface area (Å²) in [6.07, 6.45) is 1.72. The number of hydrogen-bond acceptors (Lipinski definition) is 5. The Balaban J connectivity index is 2.32. The molecule has 0 amide bonds. The fourth-order valence-corrected chi connectivity index (χ4v) is 2.29. The van der Waals surface area contributed by atoms with Crippen molar-refractivity contribution >= 4 is 22.2 Å². The molecule has 2 aromatic rings. The fraction of sp³-hybridized carbons (Fsp3) is 0.182. The van der Waals surface area contributed by atoms with E-state index in [1.54, 1.807) is 18.3 Å². The van der Waals surface area contributed by atoms with Gasteiger partial charge in [0, 0.05) is 30.4 Å². The van der Waals surface area contributed by atoms with Crippen molar-refractivity contribution in [2.24, 2.45) is 0 Å². The molecule has 0 fully saturated rings. The number of rotatable bonds is 4. The van der Waals surface area contributed by atoms with Gasteiger partial charge >= 0.3 is 0 Å². The normalized spacial score (nSPS) is 10.2. The van der Waals surface area contributed by atoms with E-state index in [-0.39, 0.29) is 5.69 Å². The van der Waals surface area contributed by atoms with E-state index in [9.17, 15) is 10.1 Å². The van der Waals surface area contributed by atoms with Crippen LogP contribution in [0.5, 0.6) is 0 Å². The quantitative estimate of drug-likeness (QED) is 0.667.